The Labute approximate surface area is 144 Å². The molecule has 2 heterocycles. The van der Waals surface area contributed by atoms with Gasteiger partial charge in [-0.15, -0.1) is 10.2 Å². The molecule has 0 aliphatic heterocycles. The summed E-state index contributed by atoms with van der Waals surface area (Å²) in [6, 6.07) is 1.42. The highest BCUT2D eigenvalue weighted by atomic mass is 19.4. The van der Waals surface area contributed by atoms with E-state index in [4.69, 9.17) is 0 Å². The highest BCUT2D eigenvalue weighted by molar-refractivity contribution is 5.59. The number of nitrogens with zero attached hydrogens (tertiary/aromatic N) is 2. The van der Waals surface area contributed by atoms with Gasteiger partial charge in [-0.05, 0) is 42.7 Å². The molecule has 2 aromatic heterocycles. The quantitative estimate of drug-likeness (QED) is 0.799. The molecule has 2 fully saturated rings. The summed E-state index contributed by atoms with van der Waals surface area (Å²) < 4.78 is 39.0. The first-order chi connectivity index (χ1) is 12.3. The lowest BCUT2D eigenvalue weighted by Crippen LogP contribution is -2.23. The molecule has 2 aliphatic rings. The first-order valence-electron chi connectivity index (χ1n) is 8.11. The van der Waals surface area contributed by atoms with Gasteiger partial charge in [-0.1, -0.05) is 5.92 Å². The molecule has 9 heteroatoms. The van der Waals surface area contributed by atoms with E-state index in [2.05, 4.69) is 32.0 Å². The fourth-order valence-electron chi connectivity index (χ4n) is 2.82. The first kappa shape index (κ1) is 16.6. The summed E-state index contributed by atoms with van der Waals surface area (Å²) in [6.07, 6.45) is -1.19. The summed E-state index contributed by atoms with van der Waals surface area (Å²) in [4.78, 5) is 27.4. The Balaban J connectivity index is 1.77. The van der Waals surface area contributed by atoms with Crippen molar-refractivity contribution in [1.82, 2.24) is 20.2 Å². The predicted octanol–water partition coefficient (Wildman–Crippen LogP) is 1.95. The number of aromatic nitrogens is 4. The Morgan fingerprint density at radius 2 is 1.96 bits per heavy atom. The van der Waals surface area contributed by atoms with Crippen LogP contribution < -0.4 is 11.2 Å². The molecule has 134 valence electrons. The summed E-state index contributed by atoms with van der Waals surface area (Å²) in [5, 5.41) is 7.88. The van der Waals surface area contributed by atoms with Gasteiger partial charge in [0, 0.05) is 12.1 Å². The van der Waals surface area contributed by atoms with Crippen LogP contribution in [-0.2, 0) is 0 Å². The van der Waals surface area contributed by atoms with Crippen molar-refractivity contribution in [2.75, 3.05) is 0 Å². The van der Waals surface area contributed by atoms with Crippen molar-refractivity contribution in [3.05, 3.63) is 44.4 Å². The van der Waals surface area contributed by atoms with Crippen LogP contribution in [0.2, 0.25) is 0 Å². The second-order valence-electron chi connectivity index (χ2n) is 6.55. The Morgan fingerprint density at radius 1 is 1.19 bits per heavy atom. The first-order valence-corrected chi connectivity index (χ1v) is 8.11. The number of halogens is 3. The molecule has 0 bridgehead atoms. The van der Waals surface area contributed by atoms with E-state index in [-0.39, 0.29) is 29.3 Å². The highest BCUT2D eigenvalue weighted by Crippen LogP contribution is 2.56. The second kappa shape index (κ2) is 5.83. The van der Waals surface area contributed by atoms with Gasteiger partial charge in [0.1, 0.15) is 11.4 Å². The minimum atomic E-state index is -4.29. The molecule has 2 aromatic rings. The molecular formula is C17H13F3N4O2. The number of rotatable bonds is 2. The van der Waals surface area contributed by atoms with E-state index in [1.165, 1.54) is 12.3 Å². The van der Waals surface area contributed by atoms with Crippen LogP contribution in [0, 0.1) is 23.7 Å². The van der Waals surface area contributed by atoms with E-state index in [1.54, 1.807) is 0 Å². The van der Waals surface area contributed by atoms with E-state index in [1.807, 2.05) is 0 Å². The van der Waals surface area contributed by atoms with Gasteiger partial charge in [-0.3, -0.25) is 9.78 Å². The summed E-state index contributed by atoms with van der Waals surface area (Å²) in [6.45, 7) is 0. The van der Waals surface area contributed by atoms with E-state index >= 15 is 0 Å². The number of H-pyrrole nitrogens is 2. The van der Waals surface area contributed by atoms with Gasteiger partial charge in [-0.25, -0.2) is 4.79 Å². The lowest BCUT2D eigenvalue weighted by molar-refractivity contribution is -0.148. The van der Waals surface area contributed by atoms with Crippen LogP contribution in [-0.4, -0.2) is 26.3 Å². The molecule has 2 saturated carbocycles. The summed E-state index contributed by atoms with van der Waals surface area (Å²) in [5.74, 6) is 3.91. The van der Waals surface area contributed by atoms with Gasteiger partial charge in [0.2, 0.25) is 0 Å². The maximum atomic E-state index is 13.0. The molecular weight excluding hydrogens is 349 g/mol. The van der Waals surface area contributed by atoms with Gasteiger partial charge < -0.3 is 4.98 Å². The Hall–Kier alpha value is -2.89. The van der Waals surface area contributed by atoms with E-state index in [0.29, 0.717) is 5.56 Å². The molecule has 4 rings (SSSR count). The van der Waals surface area contributed by atoms with Crippen molar-refractivity contribution in [3.8, 4) is 23.1 Å². The number of aromatic amines is 2. The van der Waals surface area contributed by atoms with Crippen LogP contribution in [0.5, 0.6) is 0 Å². The van der Waals surface area contributed by atoms with Gasteiger partial charge >= 0.3 is 11.9 Å². The third-order valence-electron chi connectivity index (χ3n) is 4.50. The zero-order valence-corrected chi connectivity index (χ0v) is 13.4. The van der Waals surface area contributed by atoms with Gasteiger partial charge in [0.15, 0.2) is 0 Å². The van der Waals surface area contributed by atoms with Crippen molar-refractivity contribution in [2.24, 2.45) is 11.8 Å². The standard InChI is InChI=1S/C17H13F3N4O2/c18-17(19,20)12-5-9(12)10-6-14(11-7-21-16(26)22-15(11)25)24-23-13(10)4-3-8-1-2-8/h6-9,12H,1-2,5H2,(H2,21,22,25,26)/t9-,12+/m1/s1. The van der Waals surface area contributed by atoms with Crippen LogP contribution in [0.15, 0.2) is 21.9 Å². The van der Waals surface area contributed by atoms with Crippen LogP contribution in [0.25, 0.3) is 11.3 Å². The Bertz CT molecular complexity index is 1040. The van der Waals surface area contributed by atoms with Crippen LogP contribution in [0.4, 0.5) is 13.2 Å². The number of hydrogen-bond acceptors (Lipinski definition) is 4. The summed E-state index contributed by atoms with van der Waals surface area (Å²) in [7, 11) is 0. The summed E-state index contributed by atoms with van der Waals surface area (Å²) in [5.41, 5.74) is -0.673. The fraction of sp³-hybridized carbons (Fsp3) is 0.412. The fourth-order valence-corrected chi connectivity index (χ4v) is 2.82. The zero-order chi connectivity index (χ0) is 18.5. The third kappa shape index (κ3) is 3.27. The third-order valence-corrected chi connectivity index (χ3v) is 4.50. The lowest BCUT2D eigenvalue weighted by Gasteiger charge is -2.08. The van der Waals surface area contributed by atoms with Crippen LogP contribution in [0.1, 0.15) is 36.4 Å². The average Bonchev–Trinajstić information content (AvgIpc) is 3.45. The second-order valence-corrected chi connectivity index (χ2v) is 6.55. The molecule has 2 N–H and O–H groups in total. The smallest absolute Gasteiger partial charge is 0.313 e. The topological polar surface area (TPSA) is 91.5 Å². The molecule has 0 radical (unpaired) electrons. The van der Waals surface area contributed by atoms with Gasteiger partial charge in [0.25, 0.3) is 5.56 Å². The van der Waals surface area contributed by atoms with Crippen LogP contribution in [0.3, 0.4) is 0 Å². The molecule has 6 nitrogen and oxygen atoms in total. The zero-order valence-electron chi connectivity index (χ0n) is 13.4. The monoisotopic (exact) mass is 362 g/mol. The van der Waals surface area contributed by atoms with E-state index in [9.17, 15) is 22.8 Å². The number of nitrogens with one attached hydrogen (secondary N) is 2. The van der Waals surface area contributed by atoms with Crippen molar-refractivity contribution in [3.63, 3.8) is 0 Å². The van der Waals surface area contributed by atoms with E-state index in [0.717, 1.165) is 12.8 Å². The summed E-state index contributed by atoms with van der Waals surface area (Å²) >= 11 is 0. The molecule has 2 atom stereocenters. The molecule has 0 saturated heterocycles. The normalized spacial score (nSPS) is 21.8. The van der Waals surface area contributed by atoms with Gasteiger partial charge in [0.05, 0.1) is 11.5 Å². The van der Waals surface area contributed by atoms with Crippen LogP contribution >= 0.6 is 0 Å². The Morgan fingerprint density at radius 3 is 2.58 bits per heavy atom. The number of hydrogen-bond donors (Lipinski definition) is 2. The Kier molecular flexibility index (Phi) is 3.72. The van der Waals surface area contributed by atoms with Crippen molar-refractivity contribution in [2.45, 2.75) is 31.4 Å². The average molecular weight is 362 g/mol. The van der Waals surface area contributed by atoms with Gasteiger partial charge in [-0.2, -0.15) is 13.2 Å². The molecule has 26 heavy (non-hydrogen) atoms. The van der Waals surface area contributed by atoms with Crippen molar-refractivity contribution < 1.29 is 13.2 Å². The largest absolute Gasteiger partial charge is 0.392 e. The van der Waals surface area contributed by atoms with Crippen molar-refractivity contribution in [1.29, 1.82) is 0 Å². The number of alkyl halides is 3. The SMILES string of the molecule is O=c1[nH]cc(-c2cc([C@H]3C[C@@H]3C(F)(F)F)c(C#CC3CC3)nn2)c(=O)[nH]1. The maximum absolute atomic E-state index is 13.0. The molecule has 0 spiro atoms. The predicted molar refractivity (Wildman–Crippen MR) is 85.2 cm³/mol. The minimum Gasteiger partial charge on any atom is -0.313 e. The maximum Gasteiger partial charge on any atom is 0.392 e. The molecule has 0 amide bonds. The molecule has 0 unspecified atom stereocenters. The minimum absolute atomic E-state index is 0.0317. The molecule has 2 aliphatic carbocycles. The highest BCUT2D eigenvalue weighted by Gasteiger charge is 2.56. The van der Waals surface area contributed by atoms with Crippen molar-refractivity contribution >= 4 is 0 Å². The molecule has 0 aromatic carbocycles. The lowest BCUT2D eigenvalue weighted by atomic mass is 10.0. The van der Waals surface area contributed by atoms with E-state index < -0.39 is 29.3 Å².